The Morgan fingerprint density at radius 2 is 2.00 bits per heavy atom. The molecule has 0 aliphatic rings. The van der Waals surface area contributed by atoms with Gasteiger partial charge >= 0.3 is 0 Å². The summed E-state index contributed by atoms with van der Waals surface area (Å²) in [5.41, 5.74) is 1.14. The van der Waals surface area contributed by atoms with Gasteiger partial charge in [-0.15, -0.1) is 0 Å². The van der Waals surface area contributed by atoms with Crippen molar-refractivity contribution in [1.29, 1.82) is 0 Å². The highest BCUT2D eigenvalue weighted by Crippen LogP contribution is 2.21. The van der Waals surface area contributed by atoms with Crippen molar-refractivity contribution in [2.45, 2.75) is 6.54 Å². The molecule has 0 aliphatic heterocycles. The second-order valence-electron chi connectivity index (χ2n) is 3.41. The third kappa shape index (κ3) is 2.87. The largest absolute Gasteiger partial charge is 0.378 e. The van der Waals surface area contributed by atoms with E-state index in [9.17, 15) is 4.39 Å². The highest BCUT2D eigenvalue weighted by Gasteiger charge is 2.06. The van der Waals surface area contributed by atoms with Crippen LogP contribution in [0.15, 0.2) is 36.5 Å². The summed E-state index contributed by atoms with van der Waals surface area (Å²) in [6.45, 7) is 0.303. The minimum absolute atomic E-state index is 0.113. The van der Waals surface area contributed by atoms with Crippen molar-refractivity contribution in [1.82, 2.24) is 4.98 Å². The number of benzene rings is 1. The van der Waals surface area contributed by atoms with Gasteiger partial charge in [0.15, 0.2) is 5.15 Å². The Balaban J connectivity index is 2.13. The molecule has 0 fully saturated rings. The topological polar surface area (TPSA) is 24.9 Å². The van der Waals surface area contributed by atoms with Gasteiger partial charge in [-0.25, -0.2) is 9.37 Å². The van der Waals surface area contributed by atoms with Crippen molar-refractivity contribution in [3.8, 4) is 0 Å². The highest BCUT2D eigenvalue weighted by atomic mass is 35.5. The molecule has 2 nitrogen and oxygen atoms in total. The van der Waals surface area contributed by atoms with Crippen molar-refractivity contribution in [3.05, 3.63) is 58.1 Å². The number of pyridine rings is 1. The Morgan fingerprint density at radius 3 is 2.76 bits per heavy atom. The zero-order valence-electron chi connectivity index (χ0n) is 8.75. The van der Waals surface area contributed by atoms with Crippen LogP contribution in [0, 0.1) is 5.82 Å². The maximum atomic E-state index is 13.6. The molecular formula is C12H9Cl2FN2. The zero-order chi connectivity index (χ0) is 12.3. The van der Waals surface area contributed by atoms with Crippen LogP contribution in [0.25, 0.3) is 0 Å². The lowest BCUT2D eigenvalue weighted by atomic mass is 10.2. The van der Waals surface area contributed by atoms with Crippen LogP contribution < -0.4 is 5.32 Å². The van der Waals surface area contributed by atoms with Crippen LogP contribution >= 0.6 is 23.2 Å². The summed E-state index contributed by atoms with van der Waals surface area (Å²) in [6, 6.07) is 8.41. The molecule has 0 radical (unpaired) electrons. The first-order chi connectivity index (χ1) is 8.18. The Kier molecular flexibility index (Phi) is 3.82. The summed E-state index contributed by atoms with van der Waals surface area (Å²) >= 11 is 11.6. The van der Waals surface area contributed by atoms with E-state index in [2.05, 4.69) is 10.3 Å². The summed E-state index contributed by atoms with van der Waals surface area (Å²) in [7, 11) is 0. The molecule has 0 unspecified atom stereocenters. The molecule has 0 bridgehead atoms. The average Bonchev–Trinajstić information content (AvgIpc) is 2.33. The summed E-state index contributed by atoms with van der Waals surface area (Å²) in [5, 5.41) is 3.47. The number of rotatable bonds is 3. The normalized spacial score (nSPS) is 10.3. The highest BCUT2D eigenvalue weighted by molar-refractivity contribution is 6.32. The number of anilines is 1. The molecule has 88 valence electrons. The summed E-state index contributed by atoms with van der Waals surface area (Å²) < 4.78 is 13.6. The van der Waals surface area contributed by atoms with Gasteiger partial charge in [0.1, 0.15) is 5.82 Å². The molecule has 1 N–H and O–H groups in total. The molecule has 2 rings (SSSR count). The Hall–Kier alpha value is -1.32. The van der Waals surface area contributed by atoms with Gasteiger partial charge in [-0.2, -0.15) is 0 Å². The minimum Gasteiger partial charge on any atom is -0.378 e. The van der Waals surface area contributed by atoms with Gasteiger partial charge in [0.05, 0.1) is 10.7 Å². The van der Waals surface area contributed by atoms with E-state index in [0.717, 1.165) is 0 Å². The summed E-state index contributed by atoms with van der Waals surface area (Å²) in [5.74, 6) is -0.415. The van der Waals surface area contributed by atoms with Crippen LogP contribution in [-0.4, -0.2) is 4.98 Å². The van der Waals surface area contributed by atoms with E-state index < -0.39 is 5.82 Å². The molecule has 17 heavy (non-hydrogen) atoms. The molecule has 0 saturated carbocycles. The summed E-state index contributed by atoms with van der Waals surface area (Å²) in [6.07, 6.45) is 1.59. The lowest BCUT2D eigenvalue weighted by Gasteiger charge is -2.08. The van der Waals surface area contributed by atoms with E-state index in [-0.39, 0.29) is 5.02 Å². The molecule has 1 aromatic carbocycles. The number of hydrogen-bond acceptors (Lipinski definition) is 2. The molecule has 2 aromatic rings. The zero-order valence-corrected chi connectivity index (χ0v) is 10.3. The fraction of sp³-hybridized carbons (Fsp3) is 0.0833. The molecule has 0 aliphatic carbocycles. The van der Waals surface area contributed by atoms with Gasteiger partial charge in [-0.3, -0.25) is 0 Å². The van der Waals surface area contributed by atoms with Crippen LogP contribution in [0.3, 0.4) is 0 Å². The molecule has 0 amide bonds. The number of aromatic nitrogens is 1. The minimum atomic E-state index is -0.415. The van der Waals surface area contributed by atoms with Crippen LogP contribution in [0.4, 0.5) is 10.1 Å². The monoisotopic (exact) mass is 270 g/mol. The third-order valence-electron chi connectivity index (χ3n) is 2.26. The van der Waals surface area contributed by atoms with Crippen LogP contribution in [-0.2, 0) is 6.54 Å². The van der Waals surface area contributed by atoms with Gasteiger partial charge in [0, 0.05) is 18.3 Å². The van der Waals surface area contributed by atoms with Gasteiger partial charge in [0.2, 0.25) is 0 Å². The van der Waals surface area contributed by atoms with Gasteiger partial charge in [0.25, 0.3) is 0 Å². The lowest BCUT2D eigenvalue weighted by molar-refractivity contribution is 0.613. The number of nitrogens with one attached hydrogen (secondary N) is 1. The van der Waals surface area contributed by atoms with Crippen molar-refractivity contribution >= 4 is 28.9 Å². The Labute approximate surface area is 108 Å². The smallest absolute Gasteiger partial charge is 0.152 e. The number of halogens is 3. The molecule has 0 saturated heterocycles. The number of hydrogen-bond donors (Lipinski definition) is 1. The van der Waals surface area contributed by atoms with Crippen LogP contribution in [0.5, 0.6) is 0 Å². The van der Waals surface area contributed by atoms with Gasteiger partial charge < -0.3 is 5.32 Å². The maximum absolute atomic E-state index is 13.6. The first kappa shape index (κ1) is 12.1. The lowest BCUT2D eigenvalue weighted by Crippen LogP contribution is -2.02. The predicted octanol–water partition coefficient (Wildman–Crippen LogP) is 4.14. The molecule has 0 spiro atoms. The Bertz CT molecular complexity index is 532. The molecule has 1 heterocycles. The van der Waals surface area contributed by atoms with E-state index in [1.54, 1.807) is 30.5 Å². The van der Waals surface area contributed by atoms with Gasteiger partial charge in [-0.05, 0) is 18.2 Å². The van der Waals surface area contributed by atoms with E-state index in [4.69, 9.17) is 23.2 Å². The average molecular weight is 271 g/mol. The third-order valence-corrected chi connectivity index (χ3v) is 2.85. The van der Waals surface area contributed by atoms with Crippen molar-refractivity contribution in [2.24, 2.45) is 0 Å². The van der Waals surface area contributed by atoms with Crippen LogP contribution in [0.1, 0.15) is 5.56 Å². The fourth-order valence-corrected chi connectivity index (χ4v) is 1.77. The second kappa shape index (κ2) is 5.34. The number of nitrogens with zero attached hydrogens (tertiary/aromatic N) is 1. The van der Waals surface area contributed by atoms with E-state index in [1.165, 1.54) is 6.07 Å². The van der Waals surface area contributed by atoms with Crippen molar-refractivity contribution < 1.29 is 4.39 Å². The molecule has 0 atom stereocenters. The van der Waals surface area contributed by atoms with E-state index >= 15 is 0 Å². The molecule has 1 aromatic heterocycles. The second-order valence-corrected chi connectivity index (χ2v) is 4.17. The quantitative estimate of drug-likeness (QED) is 0.848. The standard InChI is InChI=1S/C12H9Cl2FN2/c13-9-4-1-3-8(11(9)15)7-17-10-5-2-6-16-12(10)14/h1-6,17H,7H2. The van der Waals surface area contributed by atoms with Crippen molar-refractivity contribution in [2.75, 3.05) is 5.32 Å². The van der Waals surface area contributed by atoms with E-state index in [1.807, 2.05) is 0 Å². The van der Waals surface area contributed by atoms with Crippen LogP contribution in [0.2, 0.25) is 10.2 Å². The van der Waals surface area contributed by atoms with Crippen molar-refractivity contribution in [3.63, 3.8) is 0 Å². The van der Waals surface area contributed by atoms with E-state index in [0.29, 0.717) is 22.9 Å². The molecular weight excluding hydrogens is 262 g/mol. The Morgan fingerprint density at radius 1 is 1.18 bits per heavy atom. The first-order valence-corrected chi connectivity index (χ1v) is 5.71. The fourth-order valence-electron chi connectivity index (χ4n) is 1.39. The maximum Gasteiger partial charge on any atom is 0.152 e. The summed E-state index contributed by atoms with van der Waals surface area (Å²) in [4.78, 5) is 3.91. The molecule has 5 heteroatoms. The van der Waals surface area contributed by atoms with Gasteiger partial charge in [-0.1, -0.05) is 35.3 Å². The SMILES string of the molecule is Fc1c(Cl)cccc1CNc1cccnc1Cl. The predicted molar refractivity (Wildman–Crippen MR) is 68.0 cm³/mol. The first-order valence-electron chi connectivity index (χ1n) is 4.96.